The molecule has 0 heterocycles. The van der Waals surface area contributed by atoms with Crippen LogP contribution in [0.4, 0.5) is 5.69 Å². The lowest BCUT2D eigenvalue weighted by Crippen LogP contribution is -2.25. The molecule has 1 aromatic rings. The Labute approximate surface area is 121 Å². The molecule has 114 valence electrons. The molecule has 0 amide bonds. The van der Waals surface area contributed by atoms with E-state index >= 15 is 0 Å². The van der Waals surface area contributed by atoms with E-state index < -0.39 is 0 Å². The Morgan fingerprint density at radius 1 is 1.10 bits per heavy atom. The lowest BCUT2D eigenvalue weighted by molar-refractivity contribution is 0.146. The minimum Gasteiger partial charge on any atom is -0.491 e. The molecule has 1 unspecified atom stereocenters. The molecule has 0 fully saturated rings. The van der Waals surface area contributed by atoms with Gasteiger partial charge in [0.1, 0.15) is 12.4 Å². The molecule has 3 N–H and O–H groups in total. The summed E-state index contributed by atoms with van der Waals surface area (Å²) in [5.41, 5.74) is 6.61. The number of nitrogens with one attached hydrogen (secondary N) is 1. The SMILES string of the molecule is COCCOc1ccc(NC(CCCN)COC)cc1. The van der Waals surface area contributed by atoms with Crippen molar-refractivity contribution in [3.8, 4) is 5.75 Å². The van der Waals surface area contributed by atoms with E-state index in [-0.39, 0.29) is 6.04 Å². The Hall–Kier alpha value is -1.30. The minimum absolute atomic E-state index is 0.281. The number of hydrogen-bond acceptors (Lipinski definition) is 5. The molecule has 0 aliphatic carbocycles. The Kier molecular flexibility index (Phi) is 8.78. The molecule has 1 rings (SSSR count). The van der Waals surface area contributed by atoms with Crippen molar-refractivity contribution in [1.82, 2.24) is 0 Å². The molecule has 0 saturated heterocycles. The van der Waals surface area contributed by atoms with Gasteiger partial charge in [-0.05, 0) is 43.7 Å². The van der Waals surface area contributed by atoms with Gasteiger partial charge in [-0.3, -0.25) is 0 Å². The maximum Gasteiger partial charge on any atom is 0.119 e. The second kappa shape index (κ2) is 10.5. The molecule has 5 heteroatoms. The van der Waals surface area contributed by atoms with E-state index in [2.05, 4.69) is 5.32 Å². The Morgan fingerprint density at radius 2 is 1.85 bits per heavy atom. The fourth-order valence-electron chi connectivity index (χ4n) is 1.89. The van der Waals surface area contributed by atoms with Crippen molar-refractivity contribution in [2.75, 3.05) is 45.9 Å². The third-order valence-electron chi connectivity index (χ3n) is 2.91. The highest BCUT2D eigenvalue weighted by molar-refractivity contribution is 5.47. The zero-order valence-corrected chi connectivity index (χ0v) is 12.4. The van der Waals surface area contributed by atoms with Crippen LogP contribution in [0, 0.1) is 0 Å². The predicted octanol–water partition coefficient (Wildman–Crippen LogP) is 1.88. The summed E-state index contributed by atoms with van der Waals surface area (Å²) in [5, 5.41) is 3.45. The maximum atomic E-state index is 5.55. The monoisotopic (exact) mass is 282 g/mol. The maximum absolute atomic E-state index is 5.55. The van der Waals surface area contributed by atoms with Crippen molar-refractivity contribution < 1.29 is 14.2 Å². The predicted molar refractivity (Wildman–Crippen MR) is 81.4 cm³/mol. The molecule has 5 nitrogen and oxygen atoms in total. The van der Waals surface area contributed by atoms with Gasteiger partial charge in [0.25, 0.3) is 0 Å². The highest BCUT2D eigenvalue weighted by Gasteiger charge is 2.07. The van der Waals surface area contributed by atoms with Gasteiger partial charge in [0, 0.05) is 25.9 Å². The van der Waals surface area contributed by atoms with E-state index in [1.807, 2.05) is 24.3 Å². The number of ether oxygens (including phenoxy) is 3. The van der Waals surface area contributed by atoms with Crippen LogP contribution < -0.4 is 15.8 Å². The molecular weight excluding hydrogens is 256 g/mol. The lowest BCUT2D eigenvalue weighted by atomic mass is 10.1. The zero-order chi connectivity index (χ0) is 14.6. The van der Waals surface area contributed by atoms with Gasteiger partial charge in [-0.2, -0.15) is 0 Å². The Balaban J connectivity index is 2.45. The first-order valence-electron chi connectivity index (χ1n) is 6.97. The molecule has 0 aliphatic heterocycles. The fraction of sp³-hybridized carbons (Fsp3) is 0.600. The van der Waals surface area contributed by atoms with Gasteiger partial charge in [0.15, 0.2) is 0 Å². The van der Waals surface area contributed by atoms with Crippen molar-refractivity contribution in [3.05, 3.63) is 24.3 Å². The highest BCUT2D eigenvalue weighted by Crippen LogP contribution is 2.17. The zero-order valence-electron chi connectivity index (χ0n) is 12.4. The first-order chi connectivity index (χ1) is 9.80. The molecule has 0 aromatic heterocycles. The lowest BCUT2D eigenvalue weighted by Gasteiger charge is -2.19. The summed E-state index contributed by atoms with van der Waals surface area (Å²) >= 11 is 0. The number of nitrogens with two attached hydrogens (primary N) is 1. The summed E-state index contributed by atoms with van der Waals surface area (Å²) in [6.07, 6.45) is 1.98. The van der Waals surface area contributed by atoms with Crippen molar-refractivity contribution >= 4 is 5.69 Å². The summed E-state index contributed by atoms with van der Waals surface area (Å²) in [5.74, 6) is 0.845. The summed E-state index contributed by atoms with van der Waals surface area (Å²) < 4.78 is 15.7. The van der Waals surface area contributed by atoms with Crippen LogP contribution in [0.5, 0.6) is 5.75 Å². The van der Waals surface area contributed by atoms with Crippen LogP contribution in [0.25, 0.3) is 0 Å². The number of anilines is 1. The average molecular weight is 282 g/mol. The van der Waals surface area contributed by atoms with Gasteiger partial charge < -0.3 is 25.3 Å². The van der Waals surface area contributed by atoms with Crippen molar-refractivity contribution in [2.24, 2.45) is 5.73 Å². The Bertz CT molecular complexity index is 343. The van der Waals surface area contributed by atoms with Gasteiger partial charge in [0.2, 0.25) is 0 Å². The number of hydrogen-bond donors (Lipinski definition) is 2. The largest absolute Gasteiger partial charge is 0.491 e. The van der Waals surface area contributed by atoms with E-state index in [4.69, 9.17) is 19.9 Å². The summed E-state index contributed by atoms with van der Waals surface area (Å²) in [6, 6.07) is 8.19. The molecular formula is C15H26N2O3. The van der Waals surface area contributed by atoms with E-state index in [0.717, 1.165) is 24.3 Å². The quantitative estimate of drug-likeness (QED) is 0.607. The van der Waals surface area contributed by atoms with Crippen molar-refractivity contribution in [1.29, 1.82) is 0 Å². The van der Waals surface area contributed by atoms with Gasteiger partial charge in [-0.25, -0.2) is 0 Å². The van der Waals surface area contributed by atoms with E-state index in [9.17, 15) is 0 Å². The number of benzene rings is 1. The minimum atomic E-state index is 0.281. The third kappa shape index (κ3) is 6.75. The second-order valence-corrected chi connectivity index (χ2v) is 4.59. The standard InChI is InChI=1S/C15H26N2O3/c1-18-10-11-20-15-7-5-13(6-8-15)17-14(12-19-2)4-3-9-16/h5-8,14,17H,3-4,9-12,16H2,1-2H3. The molecule has 1 atom stereocenters. The molecule has 0 aliphatic rings. The number of rotatable bonds is 11. The normalized spacial score (nSPS) is 12.2. The van der Waals surface area contributed by atoms with Gasteiger partial charge in [-0.1, -0.05) is 0 Å². The van der Waals surface area contributed by atoms with Crippen molar-refractivity contribution in [2.45, 2.75) is 18.9 Å². The summed E-state index contributed by atoms with van der Waals surface area (Å²) in [6.45, 7) is 2.53. The van der Waals surface area contributed by atoms with Crippen molar-refractivity contribution in [3.63, 3.8) is 0 Å². The van der Waals surface area contributed by atoms with E-state index in [1.54, 1.807) is 14.2 Å². The van der Waals surface area contributed by atoms with Crippen LogP contribution in [0.1, 0.15) is 12.8 Å². The molecule has 0 spiro atoms. The Morgan fingerprint density at radius 3 is 2.45 bits per heavy atom. The topological polar surface area (TPSA) is 65.7 Å². The first kappa shape index (κ1) is 16.8. The molecule has 0 bridgehead atoms. The molecule has 0 saturated carbocycles. The van der Waals surface area contributed by atoms with Gasteiger partial charge in [0.05, 0.1) is 13.2 Å². The highest BCUT2D eigenvalue weighted by atomic mass is 16.5. The second-order valence-electron chi connectivity index (χ2n) is 4.59. The number of methoxy groups -OCH3 is 2. The molecule has 20 heavy (non-hydrogen) atoms. The summed E-state index contributed by atoms with van der Waals surface area (Å²) in [4.78, 5) is 0. The van der Waals surface area contributed by atoms with Gasteiger partial charge >= 0.3 is 0 Å². The average Bonchev–Trinajstić information content (AvgIpc) is 2.47. The van der Waals surface area contributed by atoms with Gasteiger partial charge in [-0.15, -0.1) is 0 Å². The van der Waals surface area contributed by atoms with Crippen LogP contribution in [0.2, 0.25) is 0 Å². The van der Waals surface area contributed by atoms with Crippen LogP contribution in [0.3, 0.4) is 0 Å². The van der Waals surface area contributed by atoms with E-state index in [1.165, 1.54) is 0 Å². The third-order valence-corrected chi connectivity index (χ3v) is 2.91. The molecule has 1 aromatic carbocycles. The van der Waals surface area contributed by atoms with Crippen LogP contribution in [-0.4, -0.2) is 46.6 Å². The summed E-state index contributed by atoms with van der Waals surface area (Å²) in [7, 11) is 3.37. The van der Waals surface area contributed by atoms with Crippen LogP contribution in [-0.2, 0) is 9.47 Å². The van der Waals surface area contributed by atoms with E-state index in [0.29, 0.717) is 26.4 Å². The smallest absolute Gasteiger partial charge is 0.119 e. The first-order valence-corrected chi connectivity index (χ1v) is 6.97. The molecule has 0 radical (unpaired) electrons. The van der Waals surface area contributed by atoms with Crippen LogP contribution in [0.15, 0.2) is 24.3 Å². The van der Waals surface area contributed by atoms with Crippen LogP contribution >= 0.6 is 0 Å². The fourth-order valence-corrected chi connectivity index (χ4v) is 1.89.